The van der Waals surface area contributed by atoms with Gasteiger partial charge in [-0.05, 0) is 49.3 Å². The molecule has 1 aliphatic carbocycles. The molecule has 3 aromatic rings. The van der Waals surface area contributed by atoms with Gasteiger partial charge in [0, 0.05) is 42.4 Å². The summed E-state index contributed by atoms with van der Waals surface area (Å²) in [5, 5.41) is 10.9. The van der Waals surface area contributed by atoms with Gasteiger partial charge in [-0.15, -0.1) is 10.2 Å². The normalized spacial score (nSPS) is 17.6. The highest BCUT2D eigenvalue weighted by Crippen LogP contribution is 2.42. The zero-order valence-corrected chi connectivity index (χ0v) is 18.2. The fourth-order valence-electron chi connectivity index (χ4n) is 4.04. The molecule has 1 saturated carbocycles. The molecule has 2 aromatic heterocycles. The van der Waals surface area contributed by atoms with Crippen molar-refractivity contribution in [3.8, 4) is 5.75 Å². The van der Waals surface area contributed by atoms with Gasteiger partial charge in [0.05, 0.1) is 7.11 Å². The Balaban J connectivity index is 1.41. The summed E-state index contributed by atoms with van der Waals surface area (Å²) in [4.78, 5) is 14.5. The third-order valence-electron chi connectivity index (χ3n) is 6.02. The first-order valence-corrected chi connectivity index (χ1v) is 11.5. The Hall–Kier alpha value is -2.48. The van der Waals surface area contributed by atoms with Crippen LogP contribution in [0.3, 0.4) is 0 Å². The minimum atomic E-state index is -0.349. The summed E-state index contributed by atoms with van der Waals surface area (Å²) in [5.41, 5.74) is 1.13. The fourth-order valence-corrected chi connectivity index (χ4v) is 5.03. The molecule has 0 bridgehead atoms. The molecule has 1 aliphatic heterocycles. The number of hydrogen-bond acceptors (Lipinski definition) is 7. The maximum atomic E-state index is 12.1. The lowest BCUT2D eigenvalue weighted by Gasteiger charge is -2.31. The van der Waals surface area contributed by atoms with Crippen LogP contribution in [0.2, 0.25) is 0 Å². The lowest BCUT2D eigenvalue weighted by atomic mass is 10.00. The highest BCUT2D eigenvalue weighted by Gasteiger charge is 2.32. The number of fused-ring (bicyclic) bond motifs is 1. The van der Waals surface area contributed by atoms with Crippen LogP contribution in [-0.2, 0) is 5.75 Å². The van der Waals surface area contributed by atoms with E-state index < -0.39 is 0 Å². The van der Waals surface area contributed by atoms with E-state index in [0.29, 0.717) is 23.1 Å². The summed E-state index contributed by atoms with van der Waals surface area (Å²) < 4.78 is 12.9. The lowest BCUT2D eigenvalue weighted by molar-refractivity contribution is 0.414. The van der Waals surface area contributed by atoms with E-state index in [1.807, 2.05) is 12.1 Å². The number of thioether (sulfide) groups is 1. The maximum Gasteiger partial charge on any atom is 0.336 e. The molecule has 2 aliphatic rings. The molecule has 0 radical (unpaired) electrons. The van der Waals surface area contributed by atoms with Gasteiger partial charge in [0.25, 0.3) is 0 Å². The summed E-state index contributed by atoms with van der Waals surface area (Å²) in [6.45, 7) is 4.41. The average Bonchev–Trinajstić information content (AvgIpc) is 3.51. The van der Waals surface area contributed by atoms with E-state index >= 15 is 0 Å². The van der Waals surface area contributed by atoms with Crippen LogP contribution in [-0.4, -0.2) is 35.0 Å². The third kappa shape index (κ3) is 3.80. The Morgan fingerprint density at radius 3 is 2.70 bits per heavy atom. The summed E-state index contributed by atoms with van der Waals surface area (Å²) >= 11 is 1.64. The zero-order chi connectivity index (χ0) is 20.7. The van der Waals surface area contributed by atoms with Gasteiger partial charge >= 0.3 is 5.63 Å². The summed E-state index contributed by atoms with van der Waals surface area (Å²) in [6.07, 6.45) is 4.77. The van der Waals surface area contributed by atoms with E-state index in [1.165, 1.54) is 25.7 Å². The molecule has 0 unspecified atom stereocenters. The molecule has 0 N–H and O–H groups in total. The minimum absolute atomic E-state index is 0.349. The van der Waals surface area contributed by atoms with Crippen molar-refractivity contribution in [2.45, 2.75) is 49.6 Å². The molecule has 0 amide bonds. The number of piperidine rings is 1. The minimum Gasteiger partial charge on any atom is -0.497 e. The topological polar surface area (TPSA) is 73.4 Å². The molecule has 30 heavy (non-hydrogen) atoms. The van der Waals surface area contributed by atoms with Gasteiger partial charge in [0.2, 0.25) is 5.95 Å². The number of methoxy groups -OCH3 is 1. The monoisotopic (exact) mass is 426 g/mol. The number of nitrogens with zero attached hydrogens (tertiary/aromatic N) is 4. The highest BCUT2D eigenvalue weighted by molar-refractivity contribution is 7.98. The first-order chi connectivity index (χ1) is 14.6. The second kappa shape index (κ2) is 7.98. The molecular weight excluding hydrogens is 400 g/mol. The van der Waals surface area contributed by atoms with E-state index in [-0.39, 0.29) is 5.63 Å². The summed E-state index contributed by atoms with van der Waals surface area (Å²) in [6, 6.07) is 7.66. The lowest BCUT2D eigenvalue weighted by Crippen LogP contribution is -2.34. The van der Waals surface area contributed by atoms with E-state index in [9.17, 15) is 4.79 Å². The van der Waals surface area contributed by atoms with Crippen LogP contribution in [0.25, 0.3) is 11.0 Å². The maximum absolute atomic E-state index is 12.1. The number of rotatable bonds is 6. The summed E-state index contributed by atoms with van der Waals surface area (Å²) in [5.74, 6) is 3.10. The molecule has 158 valence electrons. The Morgan fingerprint density at radius 1 is 1.17 bits per heavy atom. The van der Waals surface area contributed by atoms with Gasteiger partial charge in [0.15, 0.2) is 5.16 Å². The van der Waals surface area contributed by atoms with Gasteiger partial charge in [-0.1, -0.05) is 18.7 Å². The molecule has 2 fully saturated rings. The molecule has 1 saturated heterocycles. The van der Waals surface area contributed by atoms with Crippen LogP contribution in [0, 0.1) is 5.92 Å². The van der Waals surface area contributed by atoms with Crippen LogP contribution < -0.4 is 15.3 Å². The standard InChI is InChI=1S/C22H26N4O3S/c1-14-7-9-25(10-8-14)21-23-24-22(26(21)16-3-4-16)30-13-15-11-20(27)29-19-12-17(28-2)5-6-18(15)19/h5-6,11-12,14,16H,3-4,7-10,13H2,1-2H3. The molecular formula is C22H26N4O3S. The smallest absolute Gasteiger partial charge is 0.336 e. The first-order valence-electron chi connectivity index (χ1n) is 10.6. The average molecular weight is 427 g/mol. The van der Waals surface area contributed by atoms with Crippen molar-refractivity contribution < 1.29 is 9.15 Å². The van der Waals surface area contributed by atoms with E-state index in [0.717, 1.165) is 41.1 Å². The van der Waals surface area contributed by atoms with Crippen molar-refractivity contribution in [1.82, 2.24) is 14.8 Å². The van der Waals surface area contributed by atoms with Gasteiger partial charge in [-0.3, -0.25) is 4.57 Å². The van der Waals surface area contributed by atoms with Crippen molar-refractivity contribution in [2.75, 3.05) is 25.1 Å². The van der Waals surface area contributed by atoms with Crippen molar-refractivity contribution >= 4 is 28.7 Å². The largest absolute Gasteiger partial charge is 0.497 e. The number of hydrogen-bond donors (Lipinski definition) is 0. The molecule has 0 spiro atoms. The van der Waals surface area contributed by atoms with Crippen LogP contribution in [0.5, 0.6) is 5.75 Å². The van der Waals surface area contributed by atoms with Crippen molar-refractivity contribution in [3.05, 3.63) is 40.2 Å². The van der Waals surface area contributed by atoms with E-state index in [1.54, 1.807) is 31.0 Å². The Labute approximate surface area is 179 Å². The van der Waals surface area contributed by atoms with Gasteiger partial charge in [0.1, 0.15) is 11.3 Å². The third-order valence-corrected chi connectivity index (χ3v) is 7.01. The Bertz CT molecular complexity index is 1110. The number of aromatic nitrogens is 3. The second-order valence-corrected chi connectivity index (χ2v) is 9.24. The number of ether oxygens (including phenoxy) is 1. The molecule has 0 atom stereocenters. The fraction of sp³-hybridized carbons (Fsp3) is 0.500. The number of anilines is 1. The van der Waals surface area contributed by atoms with Crippen molar-refractivity contribution in [1.29, 1.82) is 0 Å². The molecule has 8 heteroatoms. The van der Waals surface area contributed by atoms with Crippen LogP contribution in [0.4, 0.5) is 5.95 Å². The summed E-state index contributed by atoms with van der Waals surface area (Å²) in [7, 11) is 1.60. The molecule has 7 nitrogen and oxygen atoms in total. The van der Waals surface area contributed by atoms with Crippen LogP contribution >= 0.6 is 11.8 Å². The van der Waals surface area contributed by atoms with E-state index in [4.69, 9.17) is 9.15 Å². The van der Waals surface area contributed by atoms with Crippen LogP contribution in [0.1, 0.15) is 44.2 Å². The van der Waals surface area contributed by atoms with Gasteiger partial charge in [-0.25, -0.2) is 4.79 Å². The quantitative estimate of drug-likeness (QED) is 0.431. The highest BCUT2D eigenvalue weighted by atomic mass is 32.2. The van der Waals surface area contributed by atoms with Crippen LogP contribution in [0.15, 0.2) is 38.6 Å². The number of benzene rings is 1. The molecule has 1 aromatic carbocycles. The predicted molar refractivity (Wildman–Crippen MR) is 118 cm³/mol. The van der Waals surface area contributed by atoms with Gasteiger partial charge < -0.3 is 14.1 Å². The Kier molecular flexibility index (Phi) is 5.18. The Morgan fingerprint density at radius 2 is 1.97 bits per heavy atom. The van der Waals surface area contributed by atoms with Crippen molar-refractivity contribution in [2.24, 2.45) is 5.92 Å². The van der Waals surface area contributed by atoms with Gasteiger partial charge in [-0.2, -0.15) is 0 Å². The predicted octanol–water partition coefficient (Wildman–Crippen LogP) is 4.26. The SMILES string of the molecule is COc1ccc2c(CSc3nnc(N4CCC(C)CC4)n3C3CC3)cc(=O)oc2c1. The van der Waals surface area contributed by atoms with E-state index in [2.05, 4.69) is 26.6 Å². The second-order valence-electron chi connectivity index (χ2n) is 8.29. The van der Waals surface area contributed by atoms with Crippen molar-refractivity contribution in [3.63, 3.8) is 0 Å². The molecule has 5 rings (SSSR count). The zero-order valence-electron chi connectivity index (χ0n) is 17.3. The first kappa shape index (κ1) is 19.5. The molecule has 3 heterocycles.